The number of hydrogen-bond donors (Lipinski definition) is 1. The number of rotatable bonds is 2. The van der Waals surface area contributed by atoms with Gasteiger partial charge in [0, 0.05) is 18.0 Å². The van der Waals surface area contributed by atoms with Crippen LogP contribution in [-0.4, -0.2) is 23.3 Å². The van der Waals surface area contributed by atoms with Crippen molar-refractivity contribution in [3.8, 4) is 0 Å². The summed E-state index contributed by atoms with van der Waals surface area (Å²) in [7, 11) is 0. The van der Waals surface area contributed by atoms with Gasteiger partial charge in [0.15, 0.2) is 0 Å². The Labute approximate surface area is 118 Å². The van der Waals surface area contributed by atoms with Gasteiger partial charge in [-0.3, -0.25) is 14.8 Å². The van der Waals surface area contributed by atoms with Crippen LogP contribution in [0.1, 0.15) is 36.4 Å². The minimum atomic E-state index is -0.250. The summed E-state index contributed by atoms with van der Waals surface area (Å²) in [6.07, 6.45) is 4.95. The van der Waals surface area contributed by atoms with Gasteiger partial charge in [0.25, 0.3) is 6.47 Å². The van der Waals surface area contributed by atoms with Crippen LogP contribution >= 0.6 is 0 Å². The Morgan fingerprint density at radius 3 is 2.85 bits per heavy atom. The topological polar surface area (TPSA) is 62.5 Å². The van der Waals surface area contributed by atoms with Gasteiger partial charge in [-0.15, -0.1) is 0 Å². The lowest BCUT2D eigenvalue weighted by atomic mass is 9.63. The lowest BCUT2D eigenvalue weighted by molar-refractivity contribution is -0.122. The molecule has 1 heterocycles. The van der Waals surface area contributed by atoms with Crippen molar-refractivity contribution in [2.24, 2.45) is 10.9 Å². The molecular weight excluding hydrogens is 252 g/mol. The summed E-state index contributed by atoms with van der Waals surface area (Å²) in [6.45, 7) is 9.71. The summed E-state index contributed by atoms with van der Waals surface area (Å²) in [6, 6.07) is 4.22. The van der Waals surface area contributed by atoms with E-state index < -0.39 is 0 Å². The summed E-state index contributed by atoms with van der Waals surface area (Å²) < 4.78 is 0. The molecule has 0 spiro atoms. The zero-order valence-electron chi connectivity index (χ0n) is 11.5. The number of fused-ring (bicyclic) bond motifs is 1. The van der Waals surface area contributed by atoms with Crippen molar-refractivity contribution in [2.45, 2.75) is 25.2 Å². The Morgan fingerprint density at radius 1 is 1.55 bits per heavy atom. The average molecular weight is 270 g/mol. The fourth-order valence-corrected chi connectivity index (χ4v) is 3.42. The van der Waals surface area contributed by atoms with E-state index in [1.165, 1.54) is 16.8 Å². The maximum Gasteiger partial charge on any atom is 0.290 e. The van der Waals surface area contributed by atoms with E-state index >= 15 is 0 Å². The Kier molecular flexibility index (Phi) is 4.13. The maximum absolute atomic E-state index is 8.36. The molecule has 104 valence electrons. The van der Waals surface area contributed by atoms with Gasteiger partial charge in [0.05, 0.1) is 11.4 Å². The molecule has 4 nitrogen and oxygen atoms in total. The van der Waals surface area contributed by atoms with Crippen LogP contribution in [0.25, 0.3) is 0 Å². The minimum Gasteiger partial charge on any atom is -0.483 e. The van der Waals surface area contributed by atoms with Gasteiger partial charge in [0.1, 0.15) is 0 Å². The molecule has 3 aliphatic rings. The van der Waals surface area contributed by atoms with E-state index in [1.807, 2.05) is 18.3 Å². The van der Waals surface area contributed by atoms with Gasteiger partial charge in [-0.2, -0.15) is 0 Å². The predicted molar refractivity (Wildman–Crippen MR) is 79.0 cm³/mol. The van der Waals surface area contributed by atoms with Crippen LogP contribution in [0.4, 0.5) is 0 Å². The van der Waals surface area contributed by atoms with Gasteiger partial charge in [-0.05, 0) is 36.3 Å². The Hall–Kier alpha value is -2.23. The fourth-order valence-electron chi connectivity index (χ4n) is 3.42. The second kappa shape index (κ2) is 5.82. The van der Waals surface area contributed by atoms with Crippen LogP contribution in [0, 0.1) is 5.92 Å². The Morgan fingerprint density at radius 2 is 2.25 bits per heavy atom. The second-order valence-electron chi connectivity index (χ2n) is 5.03. The second-order valence-corrected chi connectivity index (χ2v) is 5.03. The molecule has 1 aromatic rings. The number of aliphatic imine (C=N–C) groups is 1. The molecule has 3 atom stereocenters. The highest BCUT2D eigenvalue weighted by Crippen LogP contribution is 2.54. The highest BCUT2D eigenvalue weighted by atomic mass is 16.3. The number of aromatic nitrogens is 1. The first-order valence-corrected chi connectivity index (χ1v) is 6.55. The fraction of sp³-hybridized carbons (Fsp3) is 0.312. The molecule has 0 fully saturated rings. The molecule has 1 N–H and O–H groups in total. The van der Waals surface area contributed by atoms with E-state index in [2.05, 4.69) is 36.3 Å². The lowest BCUT2D eigenvalue weighted by Gasteiger charge is -2.42. The van der Waals surface area contributed by atoms with Gasteiger partial charge in [-0.1, -0.05) is 25.6 Å². The first kappa shape index (κ1) is 14.2. The summed E-state index contributed by atoms with van der Waals surface area (Å²) in [5, 5.41) is 6.89. The van der Waals surface area contributed by atoms with Crippen molar-refractivity contribution < 1.29 is 9.90 Å². The molecule has 3 unspecified atom stereocenters. The van der Waals surface area contributed by atoms with Crippen LogP contribution in [-0.2, 0) is 4.79 Å². The van der Waals surface area contributed by atoms with E-state index in [0.29, 0.717) is 17.8 Å². The Balaban J connectivity index is 0.000000452. The first-order valence-electron chi connectivity index (χ1n) is 6.55. The zero-order valence-corrected chi connectivity index (χ0v) is 11.5. The van der Waals surface area contributed by atoms with Crippen molar-refractivity contribution in [1.82, 2.24) is 4.98 Å². The van der Waals surface area contributed by atoms with E-state index in [4.69, 9.17) is 9.90 Å². The molecule has 4 heteroatoms. The molecule has 2 bridgehead atoms. The first-order chi connectivity index (χ1) is 9.69. The number of carboxylic acid groups (broad SMARTS) is 1. The van der Waals surface area contributed by atoms with Gasteiger partial charge in [-0.25, -0.2) is 0 Å². The van der Waals surface area contributed by atoms with Crippen molar-refractivity contribution in [3.05, 3.63) is 53.5 Å². The van der Waals surface area contributed by atoms with Crippen LogP contribution in [0.2, 0.25) is 0 Å². The van der Waals surface area contributed by atoms with Gasteiger partial charge < -0.3 is 5.11 Å². The van der Waals surface area contributed by atoms with Crippen LogP contribution in [0.15, 0.2) is 47.2 Å². The summed E-state index contributed by atoms with van der Waals surface area (Å²) in [5.41, 5.74) is 4.90. The summed E-state index contributed by atoms with van der Waals surface area (Å²) in [4.78, 5) is 17.1. The molecule has 4 rings (SSSR count). The predicted octanol–water partition coefficient (Wildman–Crippen LogP) is 3.14. The molecule has 3 aliphatic carbocycles. The molecule has 1 aromatic heterocycles. The largest absolute Gasteiger partial charge is 0.483 e. The molecule has 20 heavy (non-hydrogen) atoms. The smallest absolute Gasteiger partial charge is 0.290 e. The standard InChI is InChI=1S/C15H16N2.CH2O2/c1-4-10-13-9(2)8-12(14(10)16-3)15-11(13)6-5-7-17-15;2-1-3/h4-7,9,12-13H,1,3,8H2,2H3;1H,(H,2,3). The van der Waals surface area contributed by atoms with Crippen molar-refractivity contribution in [1.29, 1.82) is 0 Å². The quantitative estimate of drug-likeness (QED) is 0.663. The van der Waals surface area contributed by atoms with Crippen molar-refractivity contribution in [3.63, 3.8) is 0 Å². The van der Waals surface area contributed by atoms with Crippen LogP contribution in [0.5, 0.6) is 0 Å². The third kappa shape index (κ3) is 2.07. The van der Waals surface area contributed by atoms with Crippen molar-refractivity contribution >= 4 is 13.2 Å². The third-order valence-electron chi connectivity index (χ3n) is 4.06. The highest BCUT2D eigenvalue weighted by molar-refractivity contribution is 5.53. The van der Waals surface area contributed by atoms with E-state index in [1.54, 1.807) is 0 Å². The van der Waals surface area contributed by atoms with E-state index in [9.17, 15) is 0 Å². The molecule has 0 radical (unpaired) electrons. The minimum absolute atomic E-state index is 0.250. The van der Waals surface area contributed by atoms with Crippen LogP contribution in [0.3, 0.4) is 0 Å². The molecule has 0 saturated carbocycles. The van der Waals surface area contributed by atoms with Gasteiger partial charge in [0.2, 0.25) is 0 Å². The highest BCUT2D eigenvalue weighted by Gasteiger charge is 2.42. The molecule has 0 aromatic carbocycles. The number of pyridine rings is 1. The summed E-state index contributed by atoms with van der Waals surface area (Å²) >= 11 is 0. The van der Waals surface area contributed by atoms with Gasteiger partial charge >= 0.3 is 0 Å². The van der Waals surface area contributed by atoms with E-state index in [-0.39, 0.29) is 6.47 Å². The monoisotopic (exact) mass is 270 g/mol. The SMILES string of the molecule is C=CC1=C(N=C)C2CC(C)C1c1cccnc12.O=CO. The average Bonchev–Trinajstić information content (AvgIpc) is 2.47. The molecular formula is C16H18N2O2. The molecule has 0 saturated heterocycles. The zero-order chi connectivity index (χ0) is 14.7. The van der Waals surface area contributed by atoms with Crippen molar-refractivity contribution in [2.75, 3.05) is 0 Å². The number of hydrogen-bond acceptors (Lipinski definition) is 3. The molecule has 0 aliphatic heterocycles. The number of carbonyl (C=O) groups is 1. The van der Waals surface area contributed by atoms with Crippen LogP contribution < -0.4 is 0 Å². The lowest BCUT2D eigenvalue weighted by Crippen LogP contribution is -2.31. The normalized spacial score (nSPS) is 26.1. The number of nitrogens with zero attached hydrogens (tertiary/aromatic N) is 2. The summed E-state index contributed by atoms with van der Waals surface area (Å²) in [5.74, 6) is 1.36. The molecule has 0 amide bonds. The maximum atomic E-state index is 8.36. The third-order valence-corrected chi connectivity index (χ3v) is 4.06. The van der Waals surface area contributed by atoms with E-state index in [0.717, 1.165) is 12.1 Å². The number of allylic oxidation sites excluding steroid dienone is 3. The Bertz CT molecular complexity index is 578.